The molecule has 0 bridgehead atoms. The van der Waals surface area contributed by atoms with Crippen molar-refractivity contribution in [1.82, 2.24) is 0 Å². The zero-order valence-corrected chi connectivity index (χ0v) is 17.3. The highest BCUT2D eigenvalue weighted by molar-refractivity contribution is 6.14. The summed E-state index contributed by atoms with van der Waals surface area (Å²) in [6.45, 7) is 4.09. The number of esters is 1. The van der Waals surface area contributed by atoms with Gasteiger partial charge in [0.15, 0.2) is 5.76 Å². The lowest BCUT2D eigenvalue weighted by molar-refractivity contribution is 0.0734. The molecule has 2 aromatic heterocycles. The number of carbonyl (C=O) groups is 2. The Balaban J connectivity index is 1.42. The van der Waals surface area contributed by atoms with Crippen LogP contribution in [0.3, 0.4) is 0 Å². The highest BCUT2D eigenvalue weighted by Crippen LogP contribution is 2.36. The maximum atomic E-state index is 13.0. The second-order valence-electron chi connectivity index (χ2n) is 7.13. The van der Waals surface area contributed by atoms with Gasteiger partial charge in [-0.1, -0.05) is 0 Å². The summed E-state index contributed by atoms with van der Waals surface area (Å²) in [4.78, 5) is 25.5. The largest absolute Gasteiger partial charge is 0.494 e. The van der Waals surface area contributed by atoms with Crippen LogP contribution in [0.25, 0.3) is 17.0 Å². The van der Waals surface area contributed by atoms with Crippen LogP contribution in [0.4, 0.5) is 0 Å². The Kier molecular flexibility index (Phi) is 4.78. The highest BCUT2D eigenvalue weighted by Gasteiger charge is 2.29. The summed E-state index contributed by atoms with van der Waals surface area (Å²) in [5.74, 6) is 1.42. The normalized spacial score (nSPS) is 13.9. The molecule has 0 fully saturated rings. The lowest BCUT2D eigenvalue weighted by atomic mass is 10.1. The van der Waals surface area contributed by atoms with Crippen molar-refractivity contribution in [2.45, 2.75) is 13.8 Å². The third-order valence-electron chi connectivity index (χ3n) is 5.02. The molecular formula is C25H18O7. The molecule has 0 amide bonds. The second kappa shape index (κ2) is 7.77. The third-order valence-corrected chi connectivity index (χ3v) is 5.02. The number of ether oxygens (including phenoxy) is 3. The van der Waals surface area contributed by atoms with Gasteiger partial charge in [0.05, 0.1) is 18.4 Å². The number of furan rings is 2. The second-order valence-corrected chi connectivity index (χ2v) is 7.13. The molecule has 0 atom stereocenters. The number of benzene rings is 2. The molecule has 0 saturated heterocycles. The van der Waals surface area contributed by atoms with Crippen LogP contribution in [0, 0.1) is 6.92 Å². The fraction of sp³-hybridized carbons (Fsp3) is 0.120. The van der Waals surface area contributed by atoms with E-state index >= 15 is 0 Å². The lowest BCUT2D eigenvalue weighted by Crippen LogP contribution is -2.09. The van der Waals surface area contributed by atoms with Crippen LogP contribution in [0.15, 0.2) is 69.4 Å². The summed E-state index contributed by atoms with van der Waals surface area (Å²) in [6, 6.07) is 13.4. The van der Waals surface area contributed by atoms with Crippen LogP contribution in [-0.4, -0.2) is 18.4 Å². The predicted molar refractivity (Wildman–Crippen MR) is 115 cm³/mol. The van der Waals surface area contributed by atoms with E-state index in [4.69, 9.17) is 23.0 Å². The fourth-order valence-corrected chi connectivity index (χ4v) is 3.60. The van der Waals surface area contributed by atoms with E-state index in [1.165, 1.54) is 18.4 Å². The Bertz CT molecular complexity index is 1370. The van der Waals surface area contributed by atoms with Gasteiger partial charge in [-0.15, -0.1) is 0 Å². The summed E-state index contributed by atoms with van der Waals surface area (Å²) in [7, 11) is 0. The number of hydrogen-bond donors (Lipinski definition) is 0. The fourth-order valence-electron chi connectivity index (χ4n) is 3.60. The van der Waals surface area contributed by atoms with E-state index in [9.17, 15) is 9.59 Å². The molecule has 0 aliphatic carbocycles. The highest BCUT2D eigenvalue weighted by atomic mass is 16.5. The van der Waals surface area contributed by atoms with E-state index in [0.29, 0.717) is 51.7 Å². The minimum atomic E-state index is -0.578. The summed E-state index contributed by atoms with van der Waals surface area (Å²) in [6.07, 6.45) is 3.03. The molecule has 0 radical (unpaired) electrons. The number of fused-ring (bicyclic) bond motifs is 2. The molecule has 1 aliphatic heterocycles. The first-order chi connectivity index (χ1) is 15.5. The van der Waals surface area contributed by atoms with Crippen molar-refractivity contribution < 1.29 is 32.6 Å². The Hall–Kier alpha value is -4.26. The zero-order valence-electron chi connectivity index (χ0n) is 17.3. The van der Waals surface area contributed by atoms with Crippen molar-refractivity contribution in [3.8, 4) is 17.2 Å². The van der Waals surface area contributed by atoms with E-state index in [0.717, 1.165) is 0 Å². The van der Waals surface area contributed by atoms with E-state index in [2.05, 4.69) is 0 Å². The third kappa shape index (κ3) is 3.43. The monoisotopic (exact) mass is 430 g/mol. The number of aryl methyl sites for hydroxylation is 1. The Morgan fingerprint density at radius 2 is 1.94 bits per heavy atom. The summed E-state index contributed by atoms with van der Waals surface area (Å²) in [5.41, 5.74) is 1.26. The van der Waals surface area contributed by atoms with Gasteiger partial charge >= 0.3 is 5.97 Å². The summed E-state index contributed by atoms with van der Waals surface area (Å²) < 4.78 is 27.7. The Morgan fingerprint density at radius 3 is 2.72 bits per heavy atom. The molecule has 0 spiro atoms. The molecule has 7 nitrogen and oxygen atoms in total. The van der Waals surface area contributed by atoms with Crippen LogP contribution in [0.1, 0.15) is 39.2 Å². The molecule has 2 aromatic carbocycles. The molecule has 0 N–H and O–H groups in total. The molecule has 160 valence electrons. The molecule has 32 heavy (non-hydrogen) atoms. The van der Waals surface area contributed by atoms with Crippen LogP contribution in [0.2, 0.25) is 0 Å². The molecule has 7 heteroatoms. The van der Waals surface area contributed by atoms with Crippen LogP contribution in [-0.2, 0) is 0 Å². The first kappa shape index (κ1) is 19.7. The first-order valence-corrected chi connectivity index (χ1v) is 10.0. The molecule has 0 unspecified atom stereocenters. The average Bonchev–Trinajstić information content (AvgIpc) is 3.46. The molecular weight excluding hydrogens is 412 g/mol. The van der Waals surface area contributed by atoms with Gasteiger partial charge in [-0.2, -0.15) is 0 Å². The van der Waals surface area contributed by atoms with Gasteiger partial charge in [0.2, 0.25) is 5.78 Å². The van der Waals surface area contributed by atoms with Gasteiger partial charge in [-0.05, 0) is 56.3 Å². The van der Waals surface area contributed by atoms with E-state index in [1.807, 2.05) is 6.92 Å². The van der Waals surface area contributed by atoms with E-state index in [1.54, 1.807) is 49.4 Å². The van der Waals surface area contributed by atoms with Crippen molar-refractivity contribution in [3.05, 3.63) is 83.2 Å². The number of rotatable bonds is 5. The minimum Gasteiger partial charge on any atom is -0.494 e. The van der Waals surface area contributed by atoms with Crippen molar-refractivity contribution in [2.75, 3.05) is 6.61 Å². The average molecular weight is 430 g/mol. The minimum absolute atomic E-state index is 0.138. The number of Topliss-reactive ketones (excluding diaryl/α,β-unsaturated/α-hetero) is 1. The molecule has 4 aromatic rings. The predicted octanol–water partition coefficient (Wildman–Crippen LogP) is 5.57. The van der Waals surface area contributed by atoms with Crippen LogP contribution < -0.4 is 14.2 Å². The van der Waals surface area contributed by atoms with E-state index < -0.39 is 5.97 Å². The topological polar surface area (TPSA) is 88.1 Å². The van der Waals surface area contributed by atoms with Crippen molar-refractivity contribution in [3.63, 3.8) is 0 Å². The molecule has 0 saturated carbocycles. The van der Waals surface area contributed by atoms with Gasteiger partial charge < -0.3 is 23.0 Å². The number of hydrogen-bond acceptors (Lipinski definition) is 7. The number of ketones is 1. The van der Waals surface area contributed by atoms with Gasteiger partial charge in [-0.3, -0.25) is 4.79 Å². The maximum Gasteiger partial charge on any atom is 0.347 e. The van der Waals surface area contributed by atoms with Crippen LogP contribution >= 0.6 is 0 Å². The van der Waals surface area contributed by atoms with Gasteiger partial charge in [-0.25, -0.2) is 4.79 Å². The zero-order chi connectivity index (χ0) is 22.2. The maximum absolute atomic E-state index is 13.0. The summed E-state index contributed by atoms with van der Waals surface area (Å²) in [5, 5.41) is 0.606. The lowest BCUT2D eigenvalue weighted by Gasteiger charge is -2.06. The van der Waals surface area contributed by atoms with Crippen molar-refractivity contribution in [2.24, 2.45) is 0 Å². The summed E-state index contributed by atoms with van der Waals surface area (Å²) >= 11 is 0. The molecule has 1 aliphatic rings. The van der Waals surface area contributed by atoms with Crippen molar-refractivity contribution >= 4 is 28.8 Å². The standard InChI is InChI=1S/C25H18O7/c1-3-28-16-7-9-20-19(11-16)23(14(2)30-20)25(27)31-17-6-8-18-21(13-17)32-22(24(18)26)12-15-5-4-10-29-15/h4-13H,3H2,1-2H3. The van der Waals surface area contributed by atoms with Gasteiger partial charge in [0.25, 0.3) is 0 Å². The Morgan fingerprint density at radius 1 is 1.09 bits per heavy atom. The smallest absolute Gasteiger partial charge is 0.347 e. The quantitative estimate of drug-likeness (QED) is 0.232. The SMILES string of the molecule is CCOc1ccc2oc(C)c(C(=O)Oc3ccc4c(c3)OC(=Cc3ccco3)C4=O)c2c1. The Labute approximate surface area is 182 Å². The number of allylic oxidation sites excluding steroid dienone is 1. The van der Waals surface area contributed by atoms with Gasteiger partial charge in [0.1, 0.15) is 39.9 Å². The molecule has 5 rings (SSSR count). The molecule has 3 heterocycles. The van der Waals surface area contributed by atoms with Crippen LogP contribution in [0.5, 0.6) is 17.2 Å². The first-order valence-electron chi connectivity index (χ1n) is 10.0. The van der Waals surface area contributed by atoms with E-state index in [-0.39, 0.29) is 17.3 Å². The van der Waals surface area contributed by atoms with Gasteiger partial charge in [0, 0.05) is 17.5 Å². The number of carbonyl (C=O) groups excluding carboxylic acids is 2. The van der Waals surface area contributed by atoms with Crippen molar-refractivity contribution in [1.29, 1.82) is 0 Å².